The van der Waals surface area contributed by atoms with Crippen molar-refractivity contribution in [1.82, 2.24) is 4.90 Å². The number of carbonyl (C=O) groups is 1. The summed E-state index contributed by atoms with van der Waals surface area (Å²) in [5.41, 5.74) is 0. The topological polar surface area (TPSA) is 20.3 Å². The van der Waals surface area contributed by atoms with Gasteiger partial charge in [-0.1, -0.05) is 13.8 Å². The third-order valence-corrected chi connectivity index (χ3v) is 2.70. The van der Waals surface area contributed by atoms with Crippen LogP contribution in [0.5, 0.6) is 0 Å². The second kappa shape index (κ2) is 4.75. The van der Waals surface area contributed by atoms with E-state index in [-0.39, 0.29) is 0 Å². The van der Waals surface area contributed by atoms with Gasteiger partial charge in [0, 0.05) is 19.0 Å². The van der Waals surface area contributed by atoms with Gasteiger partial charge in [0.1, 0.15) is 5.78 Å². The third-order valence-electron chi connectivity index (χ3n) is 2.70. The fourth-order valence-electron chi connectivity index (χ4n) is 2.07. The van der Waals surface area contributed by atoms with Gasteiger partial charge in [0.05, 0.1) is 0 Å². The van der Waals surface area contributed by atoms with Crippen LogP contribution >= 0.6 is 0 Å². The quantitative estimate of drug-likeness (QED) is 0.666. The van der Waals surface area contributed by atoms with E-state index in [0.29, 0.717) is 17.6 Å². The van der Waals surface area contributed by atoms with Gasteiger partial charge in [0.2, 0.25) is 0 Å². The number of rotatable bonds is 3. The highest BCUT2D eigenvalue weighted by molar-refractivity contribution is 5.78. The molecule has 0 amide bonds. The van der Waals surface area contributed by atoms with Gasteiger partial charge >= 0.3 is 0 Å². The van der Waals surface area contributed by atoms with Crippen LogP contribution in [0.3, 0.4) is 0 Å². The molecule has 2 heteroatoms. The van der Waals surface area contributed by atoms with Crippen LogP contribution in [0.15, 0.2) is 0 Å². The summed E-state index contributed by atoms with van der Waals surface area (Å²) in [5, 5.41) is 0. The smallest absolute Gasteiger partial charge is 0.134 e. The molecule has 1 atom stereocenters. The summed E-state index contributed by atoms with van der Waals surface area (Å²) in [5.74, 6) is 1.40. The Bertz CT molecular complexity index is 177. The minimum atomic E-state index is 0.312. The normalized spacial score (nSPS) is 25.1. The lowest BCUT2D eigenvalue weighted by atomic mass is 9.94. The van der Waals surface area contributed by atoms with E-state index in [9.17, 15) is 4.79 Å². The molecule has 0 aromatic carbocycles. The third kappa shape index (κ3) is 3.47. The Hall–Kier alpha value is -0.370. The predicted octanol–water partition coefficient (Wildman–Crippen LogP) is 1.94. The molecule has 1 aliphatic rings. The number of Topliss-reactive ketones (excluding diaryl/α,β-unsaturated/α-hetero) is 1. The first-order valence-corrected chi connectivity index (χ1v) is 5.32. The largest absolute Gasteiger partial charge is 0.302 e. The van der Waals surface area contributed by atoms with Crippen LogP contribution in [0.2, 0.25) is 0 Å². The van der Waals surface area contributed by atoms with Crippen LogP contribution in [-0.2, 0) is 4.79 Å². The number of hydrogen-bond donors (Lipinski definition) is 0. The van der Waals surface area contributed by atoms with Crippen molar-refractivity contribution in [1.29, 1.82) is 0 Å². The molecule has 0 aromatic rings. The fourth-order valence-corrected chi connectivity index (χ4v) is 2.07. The lowest BCUT2D eigenvalue weighted by Crippen LogP contribution is -2.39. The lowest BCUT2D eigenvalue weighted by Gasteiger charge is -2.32. The first-order chi connectivity index (χ1) is 6.09. The molecule has 0 spiro atoms. The highest BCUT2D eigenvalue weighted by Crippen LogP contribution is 2.17. The maximum Gasteiger partial charge on any atom is 0.134 e. The standard InChI is InChI=1S/C11H21NO/c1-9(2)7-12-6-4-5-11(8-12)10(3)13/h9,11H,4-8H2,1-3H3/t11-/m1/s1. The molecule has 0 aliphatic carbocycles. The maximum atomic E-state index is 11.2. The molecule has 0 unspecified atom stereocenters. The number of piperidine rings is 1. The Morgan fingerprint density at radius 3 is 2.77 bits per heavy atom. The minimum Gasteiger partial charge on any atom is -0.302 e. The molecule has 0 bridgehead atoms. The molecular weight excluding hydrogens is 162 g/mol. The number of nitrogens with zero attached hydrogens (tertiary/aromatic N) is 1. The van der Waals surface area contributed by atoms with Crippen molar-refractivity contribution in [3.05, 3.63) is 0 Å². The molecule has 1 rings (SSSR count). The molecule has 2 nitrogen and oxygen atoms in total. The van der Waals surface area contributed by atoms with E-state index < -0.39 is 0 Å². The van der Waals surface area contributed by atoms with Gasteiger partial charge in [0.25, 0.3) is 0 Å². The molecule has 0 saturated carbocycles. The molecule has 76 valence electrons. The van der Waals surface area contributed by atoms with Crippen LogP contribution < -0.4 is 0 Å². The molecule has 0 N–H and O–H groups in total. The maximum absolute atomic E-state index is 11.2. The Kier molecular flexibility index (Phi) is 3.91. The molecule has 1 fully saturated rings. The van der Waals surface area contributed by atoms with Crippen LogP contribution in [-0.4, -0.2) is 30.3 Å². The van der Waals surface area contributed by atoms with Gasteiger partial charge in [0.15, 0.2) is 0 Å². The number of hydrogen-bond acceptors (Lipinski definition) is 2. The second-order valence-corrected chi connectivity index (χ2v) is 4.60. The van der Waals surface area contributed by atoms with Crippen molar-refractivity contribution in [2.75, 3.05) is 19.6 Å². The molecular formula is C11H21NO. The summed E-state index contributed by atoms with van der Waals surface area (Å²) in [6, 6.07) is 0. The van der Waals surface area contributed by atoms with E-state index in [1.54, 1.807) is 6.92 Å². The SMILES string of the molecule is CC(=O)[C@@H]1CCCN(CC(C)C)C1. The monoisotopic (exact) mass is 183 g/mol. The predicted molar refractivity (Wildman–Crippen MR) is 54.7 cm³/mol. The lowest BCUT2D eigenvalue weighted by molar-refractivity contribution is -0.122. The van der Waals surface area contributed by atoms with Crippen molar-refractivity contribution in [3.8, 4) is 0 Å². The van der Waals surface area contributed by atoms with Gasteiger partial charge in [-0.05, 0) is 32.2 Å². The highest BCUT2D eigenvalue weighted by Gasteiger charge is 2.22. The van der Waals surface area contributed by atoms with Crippen molar-refractivity contribution < 1.29 is 4.79 Å². The zero-order valence-corrected chi connectivity index (χ0v) is 9.05. The van der Waals surface area contributed by atoms with Crippen molar-refractivity contribution in [2.24, 2.45) is 11.8 Å². The first-order valence-electron chi connectivity index (χ1n) is 5.32. The van der Waals surface area contributed by atoms with Gasteiger partial charge < -0.3 is 4.90 Å². The zero-order valence-electron chi connectivity index (χ0n) is 9.05. The summed E-state index contributed by atoms with van der Waals surface area (Å²) in [4.78, 5) is 13.6. The van der Waals surface area contributed by atoms with Gasteiger partial charge in [-0.3, -0.25) is 4.79 Å². The summed E-state index contributed by atoms with van der Waals surface area (Å²) in [6.45, 7) is 9.51. The Labute approximate surface area is 81.3 Å². The molecule has 1 heterocycles. The molecule has 1 saturated heterocycles. The first kappa shape index (κ1) is 10.7. The fraction of sp³-hybridized carbons (Fsp3) is 0.909. The van der Waals surface area contributed by atoms with Crippen LogP contribution in [0.4, 0.5) is 0 Å². The summed E-state index contributed by atoms with van der Waals surface area (Å²) >= 11 is 0. The van der Waals surface area contributed by atoms with E-state index in [1.807, 2.05) is 0 Å². The minimum absolute atomic E-state index is 0.312. The summed E-state index contributed by atoms with van der Waals surface area (Å²) in [7, 11) is 0. The molecule has 1 aliphatic heterocycles. The van der Waals surface area contributed by atoms with E-state index in [1.165, 1.54) is 13.0 Å². The average molecular weight is 183 g/mol. The Morgan fingerprint density at radius 1 is 1.54 bits per heavy atom. The second-order valence-electron chi connectivity index (χ2n) is 4.60. The number of ketones is 1. The van der Waals surface area contributed by atoms with Crippen LogP contribution in [0.25, 0.3) is 0 Å². The summed E-state index contributed by atoms with van der Waals surface area (Å²) < 4.78 is 0. The van der Waals surface area contributed by atoms with Crippen molar-refractivity contribution in [2.45, 2.75) is 33.6 Å². The summed E-state index contributed by atoms with van der Waals surface area (Å²) in [6.07, 6.45) is 2.29. The van der Waals surface area contributed by atoms with Crippen LogP contribution in [0.1, 0.15) is 33.6 Å². The number of carbonyl (C=O) groups excluding carboxylic acids is 1. The Balaban J connectivity index is 2.37. The molecule has 0 radical (unpaired) electrons. The van der Waals surface area contributed by atoms with Gasteiger partial charge in [-0.25, -0.2) is 0 Å². The van der Waals surface area contributed by atoms with Gasteiger partial charge in [-0.15, -0.1) is 0 Å². The van der Waals surface area contributed by atoms with E-state index in [4.69, 9.17) is 0 Å². The van der Waals surface area contributed by atoms with Crippen molar-refractivity contribution in [3.63, 3.8) is 0 Å². The van der Waals surface area contributed by atoms with E-state index in [2.05, 4.69) is 18.7 Å². The molecule has 0 aromatic heterocycles. The van der Waals surface area contributed by atoms with Crippen LogP contribution in [0, 0.1) is 11.8 Å². The Morgan fingerprint density at radius 2 is 2.23 bits per heavy atom. The highest BCUT2D eigenvalue weighted by atomic mass is 16.1. The van der Waals surface area contributed by atoms with Crippen molar-refractivity contribution >= 4 is 5.78 Å². The number of likely N-dealkylation sites (tertiary alicyclic amines) is 1. The molecule has 13 heavy (non-hydrogen) atoms. The van der Waals surface area contributed by atoms with E-state index in [0.717, 1.165) is 19.5 Å². The average Bonchev–Trinajstić information content (AvgIpc) is 2.03. The van der Waals surface area contributed by atoms with Gasteiger partial charge in [-0.2, -0.15) is 0 Å². The van der Waals surface area contributed by atoms with E-state index >= 15 is 0 Å². The zero-order chi connectivity index (χ0) is 9.84.